The summed E-state index contributed by atoms with van der Waals surface area (Å²) in [6, 6.07) is 9.76. The summed E-state index contributed by atoms with van der Waals surface area (Å²) in [7, 11) is 1.84. The number of benzene rings is 1. The van der Waals surface area contributed by atoms with E-state index >= 15 is 0 Å². The zero-order chi connectivity index (χ0) is 12.6. The Morgan fingerprint density at radius 1 is 1.31 bits per heavy atom. The van der Waals surface area contributed by atoms with Gasteiger partial charge in [0.2, 0.25) is 0 Å². The second kappa shape index (κ2) is 7.84. The first-order chi connectivity index (χ1) is 7.49. The van der Waals surface area contributed by atoms with Gasteiger partial charge < -0.3 is 15.5 Å². The minimum atomic E-state index is -0.833. The Morgan fingerprint density at radius 3 is 2.12 bits per heavy atom. The van der Waals surface area contributed by atoms with Crippen LogP contribution in [-0.4, -0.2) is 29.3 Å². The summed E-state index contributed by atoms with van der Waals surface area (Å²) in [6.07, 6.45) is -0.420. The van der Waals surface area contributed by atoms with Gasteiger partial charge in [-0.05, 0) is 19.5 Å². The van der Waals surface area contributed by atoms with Gasteiger partial charge in [-0.25, -0.2) is 0 Å². The van der Waals surface area contributed by atoms with Gasteiger partial charge in [-0.1, -0.05) is 30.3 Å². The molecule has 0 aliphatic rings. The van der Waals surface area contributed by atoms with Crippen molar-refractivity contribution in [3.05, 3.63) is 35.9 Å². The molecule has 16 heavy (non-hydrogen) atoms. The normalized spacial score (nSPS) is 13.2. The lowest BCUT2D eigenvalue weighted by Gasteiger charge is -2.17. The molecule has 1 aromatic carbocycles. The van der Waals surface area contributed by atoms with Gasteiger partial charge in [0.05, 0.1) is 6.10 Å². The van der Waals surface area contributed by atoms with Crippen LogP contribution in [0.1, 0.15) is 25.5 Å². The van der Waals surface area contributed by atoms with Crippen LogP contribution in [0.2, 0.25) is 0 Å². The van der Waals surface area contributed by atoms with Gasteiger partial charge in [-0.15, -0.1) is 0 Å². The van der Waals surface area contributed by atoms with Crippen LogP contribution in [0.25, 0.3) is 0 Å². The van der Waals surface area contributed by atoms with Crippen molar-refractivity contribution in [1.29, 1.82) is 0 Å². The van der Waals surface area contributed by atoms with Crippen molar-refractivity contribution >= 4 is 5.97 Å². The summed E-state index contributed by atoms with van der Waals surface area (Å²) in [4.78, 5) is 9.00. The number of likely N-dealkylation sites (N-methyl/N-ethyl adjacent to an activating group) is 1. The number of carboxylic acid groups (broad SMARTS) is 1. The summed E-state index contributed by atoms with van der Waals surface area (Å²) >= 11 is 0. The van der Waals surface area contributed by atoms with Crippen LogP contribution in [0.15, 0.2) is 30.3 Å². The second-order valence-electron chi connectivity index (χ2n) is 3.45. The Hall–Kier alpha value is -1.39. The van der Waals surface area contributed by atoms with E-state index in [-0.39, 0.29) is 6.04 Å². The van der Waals surface area contributed by atoms with E-state index < -0.39 is 12.1 Å². The average molecular weight is 225 g/mol. The molecule has 0 bridgehead atoms. The summed E-state index contributed by atoms with van der Waals surface area (Å²) < 4.78 is 0. The standard InChI is InChI=1S/C10H15NO.C2H4O2/c1-8(11-2)10(12)9-6-4-3-5-7-9;1-2(3)4/h3-8,10-12H,1-2H3;1H3,(H,3,4)/t8-,10+;/m0./s1. The molecule has 1 aromatic rings. The first-order valence-corrected chi connectivity index (χ1v) is 5.08. The highest BCUT2D eigenvalue weighted by Crippen LogP contribution is 2.15. The van der Waals surface area contributed by atoms with E-state index in [1.54, 1.807) is 0 Å². The number of nitrogens with one attached hydrogen (secondary N) is 1. The van der Waals surface area contributed by atoms with Gasteiger partial charge in [0.25, 0.3) is 5.97 Å². The predicted octanol–water partition coefficient (Wildman–Crippen LogP) is 1.42. The van der Waals surface area contributed by atoms with Crippen LogP contribution in [0.5, 0.6) is 0 Å². The van der Waals surface area contributed by atoms with E-state index in [4.69, 9.17) is 9.90 Å². The zero-order valence-electron chi connectivity index (χ0n) is 9.84. The summed E-state index contributed by atoms with van der Waals surface area (Å²) in [5.74, 6) is -0.833. The molecule has 4 heteroatoms. The molecule has 0 aromatic heterocycles. The fourth-order valence-corrected chi connectivity index (χ4v) is 1.10. The van der Waals surface area contributed by atoms with Crippen molar-refractivity contribution in [2.45, 2.75) is 26.0 Å². The van der Waals surface area contributed by atoms with Crippen molar-refractivity contribution in [2.24, 2.45) is 0 Å². The molecular weight excluding hydrogens is 206 g/mol. The number of carboxylic acids is 1. The molecule has 0 fully saturated rings. The maximum atomic E-state index is 9.73. The summed E-state index contributed by atoms with van der Waals surface area (Å²) in [5.41, 5.74) is 0.958. The Bertz CT molecular complexity index is 296. The number of aliphatic hydroxyl groups is 1. The van der Waals surface area contributed by atoms with E-state index in [1.807, 2.05) is 44.3 Å². The van der Waals surface area contributed by atoms with E-state index in [1.165, 1.54) is 0 Å². The van der Waals surface area contributed by atoms with E-state index in [0.29, 0.717) is 0 Å². The highest BCUT2D eigenvalue weighted by Gasteiger charge is 2.12. The lowest BCUT2D eigenvalue weighted by molar-refractivity contribution is -0.134. The largest absolute Gasteiger partial charge is 0.481 e. The van der Waals surface area contributed by atoms with Gasteiger partial charge in [0.1, 0.15) is 0 Å². The summed E-state index contributed by atoms with van der Waals surface area (Å²) in [5, 5.41) is 20.2. The summed E-state index contributed by atoms with van der Waals surface area (Å²) in [6.45, 7) is 3.04. The van der Waals surface area contributed by atoms with Crippen molar-refractivity contribution < 1.29 is 15.0 Å². The number of aliphatic carboxylic acids is 1. The molecule has 0 amide bonds. The minimum Gasteiger partial charge on any atom is -0.481 e. The quantitative estimate of drug-likeness (QED) is 0.727. The molecule has 3 N–H and O–H groups in total. The van der Waals surface area contributed by atoms with Crippen LogP contribution in [0, 0.1) is 0 Å². The van der Waals surface area contributed by atoms with Crippen molar-refractivity contribution in [2.75, 3.05) is 7.05 Å². The van der Waals surface area contributed by atoms with E-state index in [2.05, 4.69) is 5.32 Å². The van der Waals surface area contributed by atoms with E-state index in [9.17, 15) is 5.11 Å². The monoisotopic (exact) mass is 225 g/mol. The molecule has 2 atom stereocenters. The smallest absolute Gasteiger partial charge is 0.300 e. The lowest BCUT2D eigenvalue weighted by Crippen LogP contribution is -2.28. The Kier molecular flexibility index (Phi) is 7.16. The maximum Gasteiger partial charge on any atom is 0.300 e. The number of hydrogen-bond donors (Lipinski definition) is 3. The molecular formula is C12H19NO3. The molecule has 90 valence electrons. The van der Waals surface area contributed by atoms with Crippen LogP contribution in [0.3, 0.4) is 0 Å². The van der Waals surface area contributed by atoms with Crippen LogP contribution < -0.4 is 5.32 Å². The molecule has 0 spiro atoms. The van der Waals surface area contributed by atoms with Crippen LogP contribution in [-0.2, 0) is 4.79 Å². The molecule has 0 unspecified atom stereocenters. The fraction of sp³-hybridized carbons (Fsp3) is 0.417. The second-order valence-corrected chi connectivity index (χ2v) is 3.45. The molecule has 0 saturated carbocycles. The molecule has 0 aliphatic heterocycles. The molecule has 0 aliphatic carbocycles. The molecule has 0 radical (unpaired) electrons. The average Bonchev–Trinajstić information content (AvgIpc) is 2.27. The topological polar surface area (TPSA) is 69.6 Å². The minimum absolute atomic E-state index is 0.0902. The first-order valence-electron chi connectivity index (χ1n) is 5.08. The third-order valence-electron chi connectivity index (χ3n) is 2.07. The molecule has 1 rings (SSSR count). The third-order valence-corrected chi connectivity index (χ3v) is 2.07. The van der Waals surface area contributed by atoms with Crippen molar-refractivity contribution in [3.8, 4) is 0 Å². The van der Waals surface area contributed by atoms with Crippen molar-refractivity contribution in [3.63, 3.8) is 0 Å². The molecule has 0 heterocycles. The number of aliphatic hydroxyl groups excluding tert-OH is 1. The lowest BCUT2D eigenvalue weighted by atomic mass is 10.0. The molecule has 0 saturated heterocycles. The maximum absolute atomic E-state index is 9.73. The predicted molar refractivity (Wildman–Crippen MR) is 63.2 cm³/mol. The first kappa shape index (κ1) is 14.6. The van der Waals surface area contributed by atoms with Crippen molar-refractivity contribution in [1.82, 2.24) is 5.32 Å². The number of hydrogen-bond acceptors (Lipinski definition) is 3. The van der Waals surface area contributed by atoms with Gasteiger partial charge in [0.15, 0.2) is 0 Å². The SMILES string of the molecule is CC(=O)O.CN[C@@H](C)[C@@H](O)c1ccccc1. The fourth-order valence-electron chi connectivity index (χ4n) is 1.10. The van der Waals surface area contributed by atoms with Gasteiger partial charge in [-0.2, -0.15) is 0 Å². The van der Waals surface area contributed by atoms with Gasteiger partial charge in [0, 0.05) is 13.0 Å². The van der Waals surface area contributed by atoms with Gasteiger partial charge in [-0.3, -0.25) is 4.79 Å². The van der Waals surface area contributed by atoms with Crippen LogP contribution >= 0.6 is 0 Å². The van der Waals surface area contributed by atoms with Crippen LogP contribution in [0.4, 0.5) is 0 Å². The Balaban J connectivity index is 0.000000487. The number of carbonyl (C=O) groups is 1. The Morgan fingerprint density at radius 2 is 1.75 bits per heavy atom. The highest BCUT2D eigenvalue weighted by atomic mass is 16.4. The van der Waals surface area contributed by atoms with E-state index in [0.717, 1.165) is 12.5 Å². The third kappa shape index (κ3) is 6.16. The molecule has 4 nitrogen and oxygen atoms in total. The number of rotatable bonds is 3. The highest BCUT2D eigenvalue weighted by molar-refractivity contribution is 5.62. The van der Waals surface area contributed by atoms with Gasteiger partial charge >= 0.3 is 0 Å². The zero-order valence-corrected chi connectivity index (χ0v) is 9.84. The Labute approximate surface area is 95.9 Å².